The highest BCUT2D eigenvalue weighted by atomic mass is 35.5. The summed E-state index contributed by atoms with van der Waals surface area (Å²) in [7, 11) is 3.34. The van der Waals surface area contributed by atoms with Gasteiger partial charge in [0.25, 0.3) is 5.56 Å². The molecule has 108 heavy (non-hydrogen) atoms. The summed E-state index contributed by atoms with van der Waals surface area (Å²) in [5.74, 6) is 0. The van der Waals surface area contributed by atoms with Gasteiger partial charge in [-0.25, -0.2) is 19.9 Å². The Hall–Kier alpha value is -15.2. The molecule has 0 amide bonds. The van der Waals surface area contributed by atoms with Crippen LogP contribution in [0.1, 0.15) is 11.1 Å². The highest BCUT2D eigenvalue weighted by molar-refractivity contribution is 6.30. The summed E-state index contributed by atoms with van der Waals surface area (Å²) in [6.45, 7) is 0. The molecule has 0 aliphatic carbocycles. The first-order valence-electron chi connectivity index (χ1n) is 33.7. The molecule has 18 rings (SSSR count). The molecule has 0 aliphatic heterocycles. The van der Waals surface area contributed by atoms with Gasteiger partial charge < -0.3 is 29.1 Å². The van der Waals surface area contributed by atoms with Crippen molar-refractivity contribution in [2.24, 2.45) is 14.1 Å². The van der Waals surface area contributed by atoms with Crippen LogP contribution >= 0.6 is 11.6 Å². The number of nitrogens with one attached hydrogen (secondary N) is 5. The quantitative estimate of drug-likeness (QED) is 0.0945. The molecule has 518 valence electrons. The third kappa shape index (κ3) is 14.0. The zero-order valence-corrected chi connectivity index (χ0v) is 58.0. The SMILES string of the molecule is Cn1cc(-c2cc3c(=O)cc[nH]c3nc2-c2ccccc2)cc(Cl)c1=O.Cn1cc(-c2cc3c(=O)cc[nH]c3nc2-c2ccccc2)ccc1=O.N#Cc1cccc(-c2nc3[nH]ccc(=O)c3cc2-c2ccc3[nH]ncc3c2)c1.N#Cc1cccc(-c2nc3[nH]ccc(=O)c3cc2-c2ccc3ncccc3c2)c1. The van der Waals surface area contributed by atoms with Crippen molar-refractivity contribution in [3.05, 3.63) is 352 Å². The molecule has 0 fully saturated rings. The summed E-state index contributed by atoms with van der Waals surface area (Å²) in [5, 5.41) is 29.7. The van der Waals surface area contributed by atoms with E-state index in [9.17, 15) is 39.3 Å². The van der Waals surface area contributed by atoms with Crippen molar-refractivity contribution in [3.8, 4) is 102 Å². The van der Waals surface area contributed by atoms with Crippen molar-refractivity contribution in [1.82, 2.24) is 64.2 Å². The van der Waals surface area contributed by atoms with Gasteiger partial charge in [-0.05, 0) is 102 Å². The molecule has 5 N–H and O–H groups in total. The van der Waals surface area contributed by atoms with Gasteiger partial charge in [0.15, 0.2) is 21.7 Å². The van der Waals surface area contributed by atoms with E-state index in [4.69, 9.17) is 26.6 Å². The lowest BCUT2D eigenvalue weighted by atomic mass is 9.96. The van der Waals surface area contributed by atoms with Gasteiger partial charge in [0.1, 0.15) is 27.6 Å². The largest absolute Gasteiger partial charge is 0.346 e. The Morgan fingerprint density at radius 3 is 1.28 bits per heavy atom. The summed E-state index contributed by atoms with van der Waals surface area (Å²) < 4.78 is 2.94. The highest BCUT2D eigenvalue weighted by Crippen LogP contribution is 2.38. The number of aromatic nitrogens is 13. The van der Waals surface area contributed by atoms with Crippen LogP contribution in [0.5, 0.6) is 0 Å². The number of aryl methyl sites for hydroxylation is 2. The molecule has 0 radical (unpaired) electrons. The van der Waals surface area contributed by atoms with Crippen LogP contribution in [0, 0.1) is 22.7 Å². The molecule has 0 spiro atoms. The van der Waals surface area contributed by atoms with E-state index in [1.807, 2.05) is 152 Å². The van der Waals surface area contributed by atoms with Crippen molar-refractivity contribution in [2.75, 3.05) is 0 Å². The van der Waals surface area contributed by atoms with Crippen LogP contribution in [-0.4, -0.2) is 64.2 Å². The van der Waals surface area contributed by atoms with E-state index < -0.39 is 0 Å². The molecule has 0 unspecified atom stereocenters. The van der Waals surface area contributed by atoms with Gasteiger partial charge in [-0.15, -0.1) is 0 Å². The van der Waals surface area contributed by atoms with Crippen LogP contribution in [0.25, 0.3) is 155 Å². The van der Waals surface area contributed by atoms with Gasteiger partial charge in [0.2, 0.25) is 5.56 Å². The fraction of sp³-hybridized carbons (Fsp3) is 0.0233. The summed E-state index contributed by atoms with van der Waals surface area (Å²) in [6.07, 6.45) is 13.3. The Morgan fingerprint density at radius 1 is 0.380 bits per heavy atom. The van der Waals surface area contributed by atoms with E-state index in [-0.39, 0.29) is 37.9 Å². The minimum Gasteiger partial charge on any atom is -0.346 e. The average Bonchev–Trinajstić information content (AvgIpc) is 1.42. The van der Waals surface area contributed by atoms with Gasteiger partial charge in [0.05, 0.1) is 84.8 Å². The molecule has 22 heteroatoms. The van der Waals surface area contributed by atoms with Gasteiger partial charge in [-0.3, -0.25) is 38.8 Å². The maximum Gasteiger partial charge on any atom is 0.269 e. The van der Waals surface area contributed by atoms with E-state index in [2.05, 4.69) is 52.2 Å². The molecule has 21 nitrogen and oxygen atoms in total. The number of pyridine rings is 11. The summed E-state index contributed by atoms with van der Waals surface area (Å²) >= 11 is 6.10. The minimum absolute atomic E-state index is 0.0865. The third-order valence-corrected chi connectivity index (χ3v) is 18.4. The number of rotatable bonds is 8. The zero-order valence-electron chi connectivity index (χ0n) is 57.3. The molecule has 12 aromatic heterocycles. The lowest BCUT2D eigenvalue weighted by Crippen LogP contribution is -2.16. The number of hydrogen-bond acceptors (Lipinski definition) is 14. The first-order chi connectivity index (χ1) is 52.6. The van der Waals surface area contributed by atoms with E-state index in [1.165, 1.54) is 39.5 Å². The number of nitriles is 2. The van der Waals surface area contributed by atoms with Gasteiger partial charge in [-0.1, -0.05) is 115 Å². The predicted molar refractivity (Wildman–Crippen MR) is 423 cm³/mol. The molecule has 0 bridgehead atoms. The monoisotopic (exact) mass is 1430 g/mol. The van der Waals surface area contributed by atoms with Gasteiger partial charge in [-0.2, -0.15) is 15.6 Å². The van der Waals surface area contributed by atoms with Crippen LogP contribution in [0.2, 0.25) is 5.02 Å². The van der Waals surface area contributed by atoms with Crippen molar-refractivity contribution in [2.45, 2.75) is 0 Å². The molecule has 12 heterocycles. The third-order valence-electron chi connectivity index (χ3n) is 18.1. The molecule has 0 saturated heterocycles. The molecule has 18 aromatic rings. The summed E-state index contributed by atoms with van der Waals surface area (Å²) in [6, 6.07) is 72.4. The number of aromatic amines is 5. The lowest BCUT2D eigenvalue weighted by Gasteiger charge is -2.12. The Labute approximate surface area is 616 Å². The molecular weight excluding hydrogens is 1370 g/mol. The van der Waals surface area contributed by atoms with E-state index in [0.29, 0.717) is 77.9 Å². The van der Waals surface area contributed by atoms with Crippen LogP contribution in [0.3, 0.4) is 0 Å². The average molecular weight is 1430 g/mol. The molecule has 6 aromatic carbocycles. The topological polar surface area (TPSA) is 316 Å². The number of hydrogen-bond donors (Lipinski definition) is 5. The zero-order chi connectivity index (χ0) is 74.5. The standard InChI is InChI=1S/C24H14N4O.C22H13N5O.C20H14ClN3O2.C20H15N3O2/c25-14-15-3-1-4-18(11-15)23-19(13-20-22(29)8-10-27-24(20)28-23)16-6-7-21-17(12-16)5-2-9-26-21;23-11-13-2-1-3-15(8-13)21-17(10-18-20(28)6-7-24-22(18)26-21)14-4-5-19-16(9-14)12-25-27-19;1-24-11-13(9-16(21)20(24)26)14-10-15-17(25)7-8-22-19(15)23-18(14)12-5-3-2-4-6-12;1-23-12-14(7-8-18(23)25)15-11-16-17(24)9-10-21-20(16)22-19(15)13-5-3-2-4-6-13/h1-13H,(H,27,28,29);1-10,12H,(H,25,27)(H,24,26,28);2-11H,1H3,(H,22,23,25);2-12H,1H3,(H,21,22,24). The summed E-state index contributed by atoms with van der Waals surface area (Å²) in [5.41, 5.74) is 17.2. The van der Waals surface area contributed by atoms with Gasteiger partial charge in [0, 0.05) is 154 Å². The lowest BCUT2D eigenvalue weighted by molar-refractivity contribution is 0.862. The highest BCUT2D eigenvalue weighted by Gasteiger charge is 2.20. The molecule has 0 saturated carbocycles. The Bertz CT molecular complexity index is 7050. The second-order valence-electron chi connectivity index (χ2n) is 25.1. The fourth-order valence-corrected chi connectivity index (χ4v) is 13.0. The van der Waals surface area contributed by atoms with E-state index in [0.717, 1.165) is 88.7 Å². The van der Waals surface area contributed by atoms with E-state index in [1.54, 1.807) is 106 Å². The second kappa shape index (κ2) is 29.6. The first kappa shape index (κ1) is 68.6. The number of H-pyrrole nitrogens is 5. The fourth-order valence-electron chi connectivity index (χ4n) is 12.7. The van der Waals surface area contributed by atoms with Crippen LogP contribution in [0.15, 0.2) is 303 Å². The number of nitrogens with zero attached hydrogens (tertiary/aromatic N) is 10. The number of fused-ring (bicyclic) bond motifs is 6. The maximum atomic E-state index is 12.4. The Kier molecular flexibility index (Phi) is 18.8. The maximum absolute atomic E-state index is 12.4. The molecular formula is C86H56ClN15O6. The van der Waals surface area contributed by atoms with Crippen LogP contribution in [0.4, 0.5) is 0 Å². The van der Waals surface area contributed by atoms with Crippen molar-refractivity contribution in [1.29, 1.82) is 10.5 Å². The first-order valence-corrected chi connectivity index (χ1v) is 34.1. The smallest absolute Gasteiger partial charge is 0.269 e. The molecule has 0 atom stereocenters. The number of halogens is 1. The Morgan fingerprint density at radius 2 is 0.806 bits per heavy atom. The second-order valence-corrected chi connectivity index (χ2v) is 25.5. The molecule has 0 aliphatic rings. The Balaban J connectivity index is 0.000000115. The van der Waals surface area contributed by atoms with Crippen LogP contribution < -0.4 is 32.8 Å². The summed E-state index contributed by atoms with van der Waals surface area (Å²) in [4.78, 5) is 108. The van der Waals surface area contributed by atoms with Gasteiger partial charge >= 0.3 is 0 Å². The predicted octanol–water partition coefficient (Wildman–Crippen LogP) is 15.2. The van der Waals surface area contributed by atoms with Crippen molar-refractivity contribution >= 4 is 77.5 Å². The van der Waals surface area contributed by atoms with E-state index >= 15 is 0 Å². The van der Waals surface area contributed by atoms with Crippen LogP contribution in [-0.2, 0) is 14.1 Å². The normalized spacial score (nSPS) is 10.9. The number of benzene rings is 6. The minimum atomic E-state index is -0.275. The van der Waals surface area contributed by atoms with Crippen molar-refractivity contribution in [3.63, 3.8) is 0 Å². The van der Waals surface area contributed by atoms with Crippen molar-refractivity contribution < 1.29 is 0 Å².